The highest BCUT2D eigenvalue weighted by molar-refractivity contribution is 7.92. The third-order valence-corrected chi connectivity index (χ3v) is 2.84. The van der Waals surface area contributed by atoms with Crippen LogP contribution in [0, 0.1) is 0 Å². The van der Waals surface area contributed by atoms with Crippen LogP contribution < -0.4 is 4.31 Å². The molecule has 0 spiro atoms. The lowest BCUT2D eigenvalue weighted by Crippen LogP contribution is -2.30. The van der Waals surface area contributed by atoms with Gasteiger partial charge in [0.1, 0.15) is 5.82 Å². The highest BCUT2D eigenvalue weighted by Crippen LogP contribution is 2.11. The van der Waals surface area contributed by atoms with Crippen LogP contribution in [0.1, 0.15) is 6.92 Å². The summed E-state index contributed by atoms with van der Waals surface area (Å²) in [7, 11) is -3.20. The molecule has 0 atom stereocenters. The number of hydrogen-bond donors (Lipinski definition) is 0. The Morgan fingerprint density at radius 3 is 2.54 bits per heavy atom. The van der Waals surface area contributed by atoms with Crippen LogP contribution in [0.3, 0.4) is 0 Å². The number of anilines is 1. The molecule has 0 aliphatic rings. The Bertz CT molecular complexity index is 361. The van der Waals surface area contributed by atoms with Gasteiger partial charge in [0, 0.05) is 12.7 Å². The molecule has 0 bridgehead atoms. The Kier molecular flexibility index (Phi) is 2.87. The minimum atomic E-state index is -3.20. The van der Waals surface area contributed by atoms with Gasteiger partial charge in [-0.2, -0.15) is 0 Å². The molecule has 1 aromatic rings. The topological polar surface area (TPSA) is 50.3 Å². The molecule has 0 fully saturated rings. The van der Waals surface area contributed by atoms with Crippen LogP contribution >= 0.6 is 0 Å². The van der Waals surface area contributed by atoms with Crippen LogP contribution in [-0.2, 0) is 10.0 Å². The molecule has 0 aromatic carbocycles. The van der Waals surface area contributed by atoms with E-state index in [0.29, 0.717) is 12.4 Å². The Morgan fingerprint density at radius 1 is 1.46 bits per heavy atom. The first-order valence-corrected chi connectivity index (χ1v) is 5.79. The minimum Gasteiger partial charge on any atom is -0.254 e. The number of aromatic nitrogens is 1. The highest BCUT2D eigenvalue weighted by Gasteiger charge is 2.15. The average Bonchev–Trinajstić information content (AvgIpc) is 2.05. The van der Waals surface area contributed by atoms with Gasteiger partial charge in [-0.1, -0.05) is 6.07 Å². The van der Waals surface area contributed by atoms with Gasteiger partial charge in [0.2, 0.25) is 10.0 Å². The zero-order valence-corrected chi connectivity index (χ0v) is 8.45. The summed E-state index contributed by atoms with van der Waals surface area (Å²) in [5, 5.41) is 0. The van der Waals surface area contributed by atoms with Crippen LogP contribution in [0.4, 0.5) is 5.82 Å². The molecule has 0 radical (unpaired) electrons. The molecule has 1 heterocycles. The summed E-state index contributed by atoms with van der Waals surface area (Å²) in [5.41, 5.74) is 0. The Labute approximate surface area is 78.3 Å². The molecule has 5 heteroatoms. The van der Waals surface area contributed by atoms with Crippen molar-refractivity contribution in [1.29, 1.82) is 0 Å². The normalized spacial score (nSPS) is 11.2. The third-order valence-electron chi connectivity index (χ3n) is 1.59. The second kappa shape index (κ2) is 3.74. The van der Waals surface area contributed by atoms with Gasteiger partial charge in [0.15, 0.2) is 0 Å². The van der Waals surface area contributed by atoms with Gasteiger partial charge in [0.25, 0.3) is 0 Å². The molecule has 1 rings (SSSR count). The number of pyridine rings is 1. The largest absolute Gasteiger partial charge is 0.254 e. The predicted octanol–water partition coefficient (Wildman–Crippen LogP) is 0.867. The maximum absolute atomic E-state index is 11.2. The van der Waals surface area contributed by atoms with Crippen molar-refractivity contribution >= 4 is 15.8 Å². The molecule has 72 valence electrons. The van der Waals surface area contributed by atoms with Crippen molar-refractivity contribution in [3.8, 4) is 0 Å². The summed E-state index contributed by atoms with van der Waals surface area (Å²) < 4.78 is 23.8. The monoisotopic (exact) mass is 200 g/mol. The molecule has 0 saturated heterocycles. The molecular weight excluding hydrogens is 188 g/mol. The zero-order chi connectivity index (χ0) is 9.90. The highest BCUT2D eigenvalue weighted by atomic mass is 32.2. The lowest BCUT2D eigenvalue weighted by Gasteiger charge is -2.18. The van der Waals surface area contributed by atoms with Gasteiger partial charge in [-0.3, -0.25) is 4.31 Å². The van der Waals surface area contributed by atoms with E-state index in [0.717, 1.165) is 0 Å². The first kappa shape index (κ1) is 9.98. The van der Waals surface area contributed by atoms with E-state index >= 15 is 0 Å². The van der Waals surface area contributed by atoms with Crippen molar-refractivity contribution < 1.29 is 8.42 Å². The van der Waals surface area contributed by atoms with E-state index < -0.39 is 10.0 Å². The number of hydrogen-bond acceptors (Lipinski definition) is 3. The van der Waals surface area contributed by atoms with Crippen molar-refractivity contribution in [1.82, 2.24) is 4.98 Å². The number of rotatable bonds is 3. The molecule has 0 amide bonds. The zero-order valence-electron chi connectivity index (χ0n) is 7.64. The van der Waals surface area contributed by atoms with E-state index in [-0.39, 0.29) is 0 Å². The molecule has 4 nitrogen and oxygen atoms in total. The summed E-state index contributed by atoms with van der Waals surface area (Å²) in [6, 6.07) is 5.18. The quantitative estimate of drug-likeness (QED) is 0.727. The van der Waals surface area contributed by atoms with Crippen molar-refractivity contribution in [2.24, 2.45) is 0 Å². The average molecular weight is 200 g/mol. The maximum atomic E-state index is 11.2. The van der Waals surface area contributed by atoms with Gasteiger partial charge in [-0.05, 0) is 19.1 Å². The SMILES string of the molecule is CCN(c1ccccn1)S(C)(=O)=O. The van der Waals surface area contributed by atoms with Gasteiger partial charge in [-0.15, -0.1) is 0 Å². The van der Waals surface area contributed by atoms with E-state index in [1.54, 1.807) is 31.3 Å². The van der Waals surface area contributed by atoms with E-state index in [1.165, 1.54) is 10.6 Å². The molecule has 1 aromatic heterocycles. The summed E-state index contributed by atoms with van der Waals surface area (Å²) in [5.74, 6) is 0.465. The Morgan fingerprint density at radius 2 is 2.15 bits per heavy atom. The lowest BCUT2D eigenvalue weighted by molar-refractivity contribution is 0.597. The number of nitrogens with zero attached hydrogens (tertiary/aromatic N) is 2. The van der Waals surface area contributed by atoms with Crippen LogP contribution in [-0.4, -0.2) is 26.2 Å². The van der Waals surface area contributed by atoms with Crippen molar-refractivity contribution in [3.63, 3.8) is 0 Å². The van der Waals surface area contributed by atoms with Crippen LogP contribution in [0.15, 0.2) is 24.4 Å². The molecule has 0 N–H and O–H groups in total. The van der Waals surface area contributed by atoms with Crippen LogP contribution in [0.2, 0.25) is 0 Å². The number of sulfonamides is 1. The Hall–Kier alpha value is -1.10. The maximum Gasteiger partial charge on any atom is 0.233 e. The standard InChI is InChI=1S/C8H12N2O2S/c1-3-10(13(2,11)12)8-6-4-5-7-9-8/h4-7H,3H2,1-2H3. The van der Waals surface area contributed by atoms with Gasteiger partial charge >= 0.3 is 0 Å². The molecule has 0 aliphatic heterocycles. The van der Waals surface area contributed by atoms with E-state index in [4.69, 9.17) is 0 Å². The third kappa shape index (κ3) is 2.42. The van der Waals surface area contributed by atoms with E-state index in [9.17, 15) is 8.42 Å². The summed E-state index contributed by atoms with van der Waals surface area (Å²) in [6.45, 7) is 2.17. The van der Waals surface area contributed by atoms with Gasteiger partial charge in [-0.25, -0.2) is 13.4 Å². The summed E-state index contributed by atoms with van der Waals surface area (Å²) in [4.78, 5) is 3.96. The molecule has 13 heavy (non-hydrogen) atoms. The second-order valence-electron chi connectivity index (χ2n) is 2.62. The molecule has 0 aliphatic carbocycles. The fourth-order valence-corrected chi connectivity index (χ4v) is 1.98. The molecular formula is C8H12N2O2S. The lowest BCUT2D eigenvalue weighted by atomic mass is 10.4. The first-order valence-electron chi connectivity index (χ1n) is 3.94. The second-order valence-corrected chi connectivity index (χ2v) is 4.52. The smallest absolute Gasteiger partial charge is 0.233 e. The Balaban J connectivity index is 3.06. The minimum absolute atomic E-state index is 0.399. The summed E-state index contributed by atoms with van der Waals surface area (Å²) >= 11 is 0. The predicted molar refractivity (Wildman–Crippen MR) is 52.1 cm³/mol. The fourth-order valence-electron chi connectivity index (χ4n) is 1.07. The van der Waals surface area contributed by atoms with Crippen LogP contribution in [0.25, 0.3) is 0 Å². The first-order chi connectivity index (χ1) is 6.05. The summed E-state index contributed by atoms with van der Waals surface area (Å²) in [6.07, 6.45) is 2.74. The molecule has 0 unspecified atom stereocenters. The van der Waals surface area contributed by atoms with E-state index in [1.807, 2.05) is 0 Å². The van der Waals surface area contributed by atoms with Crippen molar-refractivity contribution in [3.05, 3.63) is 24.4 Å². The van der Waals surface area contributed by atoms with Crippen molar-refractivity contribution in [2.75, 3.05) is 17.1 Å². The van der Waals surface area contributed by atoms with Gasteiger partial charge in [0.05, 0.1) is 6.26 Å². The van der Waals surface area contributed by atoms with E-state index in [2.05, 4.69) is 4.98 Å². The van der Waals surface area contributed by atoms with Gasteiger partial charge < -0.3 is 0 Å². The fraction of sp³-hybridized carbons (Fsp3) is 0.375. The van der Waals surface area contributed by atoms with Crippen molar-refractivity contribution in [2.45, 2.75) is 6.92 Å². The molecule has 0 saturated carbocycles. The van der Waals surface area contributed by atoms with Crippen LogP contribution in [0.5, 0.6) is 0 Å².